The molecule has 24 heavy (non-hydrogen) atoms. The number of carbonyl (C=O) groups is 1. The first-order valence-corrected chi connectivity index (χ1v) is 9.07. The molecule has 0 aromatic heterocycles. The number of esters is 1. The zero-order valence-corrected chi connectivity index (χ0v) is 14.5. The van der Waals surface area contributed by atoms with Crippen molar-refractivity contribution in [1.82, 2.24) is 9.62 Å². The lowest BCUT2D eigenvalue weighted by atomic mass is 10.1. The Kier molecular flexibility index (Phi) is 8.23. The van der Waals surface area contributed by atoms with Crippen molar-refractivity contribution in [3.63, 3.8) is 0 Å². The number of halogens is 2. The highest BCUT2D eigenvalue weighted by Crippen LogP contribution is 2.09. The summed E-state index contributed by atoms with van der Waals surface area (Å²) in [5.74, 6) is -0.753. The van der Waals surface area contributed by atoms with Gasteiger partial charge >= 0.3 is 5.97 Å². The number of sulfonamides is 1. The van der Waals surface area contributed by atoms with Crippen LogP contribution in [0.25, 0.3) is 0 Å². The number of likely N-dealkylation sites (N-methyl/N-ethyl adjacent to an activating group) is 1. The van der Waals surface area contributed by atoms with Crippen molar-refractivity contribution in [2.45, 2.75) is 19.1 Å². The van der Waals surface area contributed by atoms with E-state index in [4.69, 9.17) is 0 Å². The Morgan fingerprint density at radius 3 is 2.42 bits per heavy atom. The van der Waals surface area contributed by atoms with Crippen LogP contribution in [0.5, 0.6) is 0 Å². The average molecular weight is 364 g/mol. The van der Waals surface area contributed by atoms with Crippen LogP contribution < -0.4 is 4.72 Å². The fourth-order valence-corrected chi connectivity index (χ4v) is 3.19. The van der Waals surface area contributed by atoms with Gasteiger partial charge in [-0.15, -0.1) is 0 Å². The molecule has 0 saturated heterocycles. The second-order valence-electron chi connectivity index (χ2n) is 5.13. The van der Waals surface area contributed by atoms with E-state index in [2.05, 4.69) is 9.46 Å². The normalized spacial score (nSPS) is 11.9. The van der Waals surface area contributed by atoms with E-state index in [1.165, 1.54) is 36.3 Å². The molecule has 0 aliphatic heterocycles. The smallest absolute Gasteiger partial charge is 0.337 e. The van der Waals surface area contributed by atoms with Gasteiger partial charge in [-0.05, 0) is 24.2 Å². The number of methoxy groups -OCH3 is 1. The third-order valence-corrected chi connectivity index (χ3v) is 4.68. The third kappa shape index (κ3) is 7.33. The van der Waals surface area contributed by atoms with Crippen LogP contribution in [0.15, 0.2) is 24.3 Å². The van der Waals surface area contributed by atoms with Crippen molar-refractivity contribution in [2.24, 2.45) is 0 Å². The monoisotopic (exact) mass is 364 g/mol. The summed E-state index contributed by atoms with van der Waals surface area (Å²) in [4.78, 5) is 12.8. The molecule has 0 radical (unpaired) electrons. The number of hydrogen-bond acceptors (Lipinski definition) is 5. The Labute approximate surface area is 140 Å². The van der Waals surface area contributed by atoms with Gasteiger partial charge < -0.3 is 4.74 Å². The Morgan fingerprint density at radius 1 is 1.29 bits per heavy atom. The summed E-state index contributed by atoms with van der Waals surface area (Å²) in [5, 5.41) is 0. The maximum atomic E-state index is 12.3. The summed E-state index contributed by atoms with van der Waals surface area (Å²) in [6.07, 6.45) is -2.45. The molecule has 9 heteroatoms. The minimum atomic E-state index is -3.59. The number of alkyl halides is 2. The minimum Gasteiger partial charge on any atom is -0.465 e. The number of carbonyl (C=O) groups excluding carboxylic acids is 1. The summed E-state index contributed by atoms with van der Waals surface area (Å²) < 4.78 is 55.6. The van der Waals surface area contributed by atoms with Gasteiger partial charge in [0.15, 0.2) is 0 Å². The molecule has 6 nitrogen and oxygen atoms in total. The topological polar surface area (TPSA) is 75.7 Å². The molecule has 0 aliphatic rings. The number of hydrogen-bond donors (Lipinski definition) is 1. The molecule has 0 saturated carbocycles. The van der Waals surface area contributed by atoms with Gasteiger partial charge in [0.1, 0.15) is 0 Å². The van der Waals surface area contributed by atoms with Crippen molar-refractivity contribution in [2.75, 3.05) is 33.3 Å². The van der Waals surface area contributed by atoms with Gasteiger partial charge in [0.25, 0.3) is 6.43 Å². The summed E-state index contributed by atoms with van der Waals surface area (Å²) in [6, 6.07) is 6.03. The van der Waals surface area contributed by atoms with Crippen LogP contribution in [0, 0.1) is 0 Å². The summed E-state index contributed by atoms with van der Waals surface area (Å²) in [6.45, 7) is 2.04. The Bertz CT molecular complexity index is 621. The molecule has 0 aliphatic carbocycles. The third-order valence-electron chi connectivity index (χ3n) is 3.33. The molecule has 0 unspecified atom stereocenters. The highest BCUT2D eigenvalue weighted by molar-refractivity contribution is 7.88. The fraction of sp³-hybridized carbons (Fsp3) is 0.533. The van der Waals surface area contributed by atoms with E-state index in [9.17, 15) is 22.0 Å². The molecule has 0 bridgehead atoms. The van der Waals surface area contributed by atoms with Crippen molar-refractivity contribution < 1.29 is 26.7 Å². The lowest BCUT2D eigenvalue weighted by Gasteiger charge is -2.19. The molecule has 1 rings (SSSR count). The summed E-state index contributed by atoms with van der Waals surface area (Å²) >= 11 is 0. The van der Waals surface area contributed by atoms with Gasteiger partial charge in [0, 0.05) is 13.1 Å². The first-order chi connectivity index (χ1) is 11.3. The standard InChI is InChI=1S/C15H22F2N2O4S/c1-3-19(10-14(16)17)9-8-18-24(21,22)11-12-4-6-13(7-5-12)15(20)23-2/h4-7,14,18H,3,8-11H2,1-2H3. The lowest BCUT2D eigenvalue weighted by Crippen LogP contribution is -2.37. The minimum absolute atomic E-state index is 0.0587. The summed E-state index contributed by atoms with van der Waals surface area (Å²) in [7, 11) is -2.32. The quantitative estimate of drug-likeness (QED) is 0.637. The lowest BCUT2D eigenvalue weighted by molar-refractivity contribution is 0.0600. The van der Waals surface area contributed by atoms with E-state index in [1.807, 2.05) is 0 Å². The Morgan fingerprint density at radius 2 is 1.92 bits per heavy atom. The van der Waals surface area contributed by atoms with Crippen LogP contribution in [0.4, 0.5) is 8.78 Å². The predicted octanol–water partition coefficient (Wildman–Crippen LogP) is 1.48. The van der Waals surface area contributed by atoms with Crippen molar-refractivity contribution in [3.8, 4) is 0 Å². The molecule has 1 aromatic carbocycles. The van der Waals surface area contributed by atoms with E-state index in [0.29, 0.717) is 17.7 Å². The fourth-order valence-electron chi connectivity index (χ4n) is 2.06. The Hall–Kier alpha value is -1.58. The number of nitrogens with zero attached hydrogens (tertiary/aromatic N) is 1. The maximum absolute atomic E-state index is 12.3. The number of ether oxygens (including phenoxy) is 1. The molecule has 1 N–H and O–H groups in total. The highest BCUT2D eigenvalue weighted by atomic mass is 32.2. The second kappa shape index (κ2) is 9.65. The maximum Gasteiger partial charge on any atom is 0.337 e. The Balaban J connectivity index is 2.52. The first kappa shape index (κ1) is 20.5. The molecular formula is C15H22F2N2O4S. The van der Waals surface area contributed by atoms with E-state index in [-0.39, 0.29) is 25.4 Å². The molecule has 0 spiro atoms. The largest absolute Gasteiger partial charge is 0.465 e. The molecule has 0 heterocycles. The van der Waals surface area contributed by atoms with Crippen LogP contribution in [0.2, 0.25) is 0 Å². The van der Waals surface area contributed by atoms with Crippen LogP contribution in [-0.4, -0.2) is 59.0 Å². The average Bonchev–Trinajstić information content (AvgIpc) is 2.53. The molecule has 0 atom stereocenters. The molecular weight excluding hydrogens is 342 g/mol. The molecule has 1 aromatic rings. The zero-order valence-electron chi connectivity index (χ0n) is 13.7. The number of benzene rings is 1. The predicted molar refractivity (Wildman–Crippen MR) is 86.5 cm³/mol. The summed E-state index contributed by atoms with van der Waals surface area (Å²) in [5.41, 5.74) is 0.840. The zero-order chi connectivity index (χ0) is 18.2. The van der Waals surface area contributed by atoms with Gasteiger partial charge in [-0.25, -0.2) is 26.7 Å². The molecule has 136 valence electrons. The van der Waals surface area contributed by atoms with Gasteiger partial charge in [-0.2, -0.15) is 0 Å². The van der Waals surface area contributed by atoms with Gasteiger partial charge in [0.2, 0.25) is 10.0 Å². The van der Waals surface area contributed by atoms with Crippen LogP contribution in [0.3, 0.4) is 0 Å². The highest BCUT2D eigenvalue weighted by Gasteiger charge is 2.14. The van der Waals surface area contributed by atoms with Crippen molar-refractivity contribution in [3.05, 3.63) is 35.4 Å². The number of rotatable bonds is 10. The van der Waals surface area contributed by atoms with Gasteiger partial charge in [-0.1, -0.05) is 19.1 Å². The van der Waals surface area contributed by atoms with Crippen molar-refractivity contribution in [1.29, 1.82) is 0 Å². The number of nitrogens with one attached hydrogen (secondary N) is 1. The van der Waals surface area contributed by atoms with Gasteiger partial charge in [0.05, 0.1) is 25.0 Å². The van der Waals surface area contributed by atoms with Crippen LogP contribution in [-0.2, 0) is 20.5 Å². The first-order valence-electron chi connectivity index (χ1n) is 7.42. The van der Waals surface area contributed by atoms with E-state index >= 15 is 0 Å². The van der Waals surface area contributed by atoms with E-state index < -0.39 is 22.4 Å². The molecule has 0 amide bonds. The van der Waals surface area contributed by atoms with Crippen LogP contribution in [0.1, 0.15) is 22.8 Å². The van der Waals surface area contributed by atoms with E-state index in [0.717, 1.165) is 0 Å². The molecule has 0 fully saturated rings. The second-order valence-corrected chi connectivity index (χ2v) is 6.93. The van der Waals surface area contributed by atoms with Crippen LogP contribution >= 0.6 is 0 Å². The van der Waals surface area contributed by atoms with E-state index in [1.54, 1.807) is 6.92 Å². The SMILES string of the molecule is CCN(CCNS(=O)(=O)Cc1ccc(C(=O)OC)cc1)CC(F)F. The van der Waals surface area contributed by atoms with Gasteiger partial charge in [-0.3, -0.25) is 4.90 Å². The van der Waals surface area contributed by atoms with Crippen molar-refractivity contribution >= 4 is 16.0 Å².